The van der Waals surface area contributed by atoms with Crippen LogP contribution in [0.5, 0.6) is 0 Å². The van der Waals surface area contributed by atoms with Gasteiger partial charge in [-0.2, -0.15) is 9.61 Å². The maximum absolute atomic E-state index is 13.9. The molecule has 33 heavy (non-hydrogen) atoms. The maximum Gasteiger partial charge on any atom is 0.168 e. The number of carbonyl (C=O) groups excluding carboxylic acids is 1. The highest BCUT2D eigenvalue weighted by Crippen LogP contribution is 2.42. The molecule has 0 fully saturated rings. The number of nitrogens with one attached hydrogen (secondary N) is 1. The number of hydrogen-bond donors (Lipinski definition) is 1. The molecule has 4 aromatic rings. The predicted molar refractivity (Wildman–Crippen MR) is 125 cm³/mol. The molecule has 6 rings (SSSR count). The minimum absolute atomic E-state index is 0.118. The normalized spacial score (nSPS) is 17.2. The molecule has 0 saturated heterocycles. The summed E-state index contributed by atoms with van der Waals surface area (Å²) >= 11 is 0. The van der Waals surface area contributed by atoms with Gasteiger partial charge in [0.2, 0.25) is 0 Å². The number of Topliss-reactive ketones (excluding diaryl/α,β-unsaturated/α-hetero) is 1. The molecule has 3 heterocycles. The van der Waals surface area contributed by atoms with Crippen molar-refractivity contribution >= 4 is 22.8 Å². The van der Waals surface area contributed by atoms with E-state index in [4.69, 9.17) is 0 Å². The third kappa shape index (κ3) is 3.40. The minimum Gasteiger partial charge on any atom is -0.367 e. The number of halogens is 1. The van der Waals surface area contributed by atoms with Gasteiger partial charge in [0.25, 0.3) is 0 Å². The summed E-state index contributed by atoms with van der Waals surface area (Å²) in [6, 6.07) is 12.1. The molecule has 0 spiro atoms. The Balaban J connectivity index is 1.39. The summed E-state index contributed by atoms with van der Waals surface area (Å²) in [6.45, 7) is 1.49. The second kappa shape index (κ2) is 7.62. The highest BCUT2D eigenvalue weighted by atomic mass is 19.1. The number of rotatable bonds is 4. The van der Waals surface area contributed by atoms with Gasteiger partial charge >= 0.3 is 0 Å². The average molecular weight is 439 g/mol. The number of aromatic nitrogens is 4. The molecule has 0 amide bonds. The zero-order valence-electron chi connectivity index (χ0n) is 18.2. The zero-order chi connectivity index (χ0) is 22.5. The fourth-order valence-electron chi connectivity index (χ4n) is 5.03. The number of benzene rings is 1. The molecule has 2 aliphatic carbocycles. The van der Waals surface area contributed by atoms with Gasteiger partial charge in [-0.1, -0.05) is 29.8 Å². The highest BCUT2D eigenvalue weighted by Gasteiger charge is 2.28. The Morgan fingerprint density at radius 3 is 2.91 bits per heavy atom. The van der Waals surface area contributed by atoms with Crippen molar-refractivity contribution < 1.29 is 9.18 Å². The zero-order valence-corrected chi connectivity index (χ0v) is 18.2. The Labute approximate surface area is 190 Å². The van der Waals surface area contributed by atoms with E-state index in [0.29, 0.717) is 22.5 Å². The fraction of sp³-hybridized carbons (Fsp3) is 0.231. The van der Waals surface area contributed by atoms with Crippen LogP contribution in [0.25, 0.3) is 22.5 Å². The van der Waals surface area contributed by atoms with Crippen molar-refractivity contribution in [3.63, 3.8) is 0 Å². The molecule has 0 saturated carbocycles. The van der Waals surface area contributed by atoms with Crippen molar-refractivity contribution in [3.8, 4) is 11.3 Å². The van der Waals surface area contributed by atoms with Crippen LogP contribution in [0, 0.1) is 5.82 Å². The standard InChI is InChI=1S/C26H22FN5O/c1-15(33)23-14-29-32-25(11-24(31-26(23)32)18-9-19(27)13-28-12-18)30-20-7-6-17-8-16-4-2-3-5-21(16)22(17)10-20/h2-5,9,11-14,20,30H,6-8,10H2,1H3/t20-/m1/s1. The van der Waals surface area contributed by atoms with E-state index < -0.39 is 5.82 Å². The van der Waals surface area contributed by atoms with Gasteiger partial charge in [0.05, 0.1) is 23.7 Å². The summed E-state index contributed by atoms with van der Waals surface area (Å²) in [4.78, 5) is 20.8. The molecule has 6 nitrogen and oxygen atoms in total. The van der Waals surface area contributed by atoms with E-state index in [1.165, 1.54) is 35.9 Å². The van der Waals surface area contributed by atoms with Crippen LogP contribution in [0.4, 0.5) is 10.2 Å². The molecule has 3 aromatic heterocycles. The van der Waals surface area contributed by atoms with Crippen molar-refractivity contribution in [1.29, 1.82) is 0 Å². The van der Waals surface area contributed by atoms with Crippen LogP contribution in [0.15, 0.2) is 60.6 Å². The molecule has 1 atom stereocenters. The van der Waals surface area contributed by atoms with Crippen LogP contribution >= 0.6 is 0 Å². The lowest BCUT2D eigenvalue weighted by atomic mass is 9.88. The number of allylic oxidation sites excluding steroid dienone is 1. The minimum atomic E-state index is -0.435. The topological polar surface area (TPSA) is 72.2 Å². The molecule has 1 N–H and O–H groups in total. The predicted octanol–water partition coefficient (Wildman–Crippen LogP) is 5.11. The van der Waals surface area contributed by atoms with Crippen LogP contribution in [0.1, 0.15) is 47.7 Å². The molecule has 0 bridgehead atoms. The smallest absolute Gasteiger partial charge is 0.168 e. The first kappa shape index (κ1) is 19.8. The molecular weight excluding hydrogens is 417 g/mol. The molecule has 164 valence electrons. The molecule has 7 heteroatoms. The number of carbonyl (C=O) groups is 1. The number of ketones is 1. The lowest BCUT2D eigenvalue weighted by Gasteiger charge is -2.26. The van der Waals surface area contributed by atoms with Gasteiger partial charge in [0.1, 0.15) is 11.6 Å². The lowest BCUT2D eigenvalue weighted by molar-refractivity contribution is 0.101. The molecule has 0 radical (unpaired) electrons. The third-order valence-corrected chi connectivity index (χ3v) is 6.62. The van der Waals surface area contributed by atoms with Crippen LogP contribution in [0.2, 0.25) is 0 Å². The highest BCUT2D eigenvalue weighted by molar-refractivity contribution is 6.00. The van der Waals surface area contributed by atoms with Gasteiger partial charge in [-0.05, 0) is 55.4 Å². The first-order chi connectivity index (χ1) is 16.1. The second-order valence-electron chi connectivity index (χ2n) is 8.77. The number of pyridine rings is 1. The summed E-state index contributed by atoms with van der Waals surface area (Å²) in [7, 11) is 0. The molecule has 0 aliphatic heterocycles. The Bertz CT molecular complexity index is 1450. The van der Waals surface area contributed by atoms with Crippen molar-refractivity contribution in [2.24, 2.45) is 0 Å². The number of anilines is 1. The van der Waals surface area contributed by atoms with E-state index in [2.05, 4.69) is 44.6 Å². The Morgan fingerprint density at radius 2 is 2.06 bits per heavy atom. The van der Waals surface area contributed by atoms with Crippen LogP contribution < -0.4 is 5.32 Å². The molecule has 2 aliphatic rings. The lowest BCUT2D eigenvalue weighted by Crippen LogP contribution is -2.24. The van der Waals surface area contributed by atoms with Crippen molar-refractivity contribution in [2.45, 2.75) is 38.6 Å². The second-order valence-corrected chi connectivity index (χ2v) is 8.77. The van der Waals surface area contributed by atoms with Crippen LogP contribution in [-0.2, 0) is 6.42 Å². The van der Waals surface area contributed by atoms with Crippen molar-refractivity contribution in [3.05, 3.63) is 83.1 Å². The Kier molecular flexibility index (Phi) is 4.57. The average Bonchev–Trinajstić information content (AvgIpc) is 3.41. The van der Waals surface area contributed by atoms with E-state index in [1.807, 2.05) is 6.07 Å². The van der Waals surface area contributed by atoms with E-state index in [0.717, 1.165) is 37.7 Å². The molecular formula is C26H22FN5O. The van der Waals surface area contributed by atoms with Crippen LogP contribution in [0.3, 0.4) is 0 Å². The van der Waals surface area contributed by atoms with Gasteiger partial charge < -0.3 is 5.32 Å². The SMILES string of the molecule is CC(=O)c1cnn2c(N[C@@H]3CCC4=C(C3)c3ccccc3C4)cc(-c3cncc(F)c3)nc12. The summed E-state index contributed by atoms with van der Waals surface area (Å²) in [5.41, 5.74) is 7.74. The fourth-order valence-corrected chi connectivity index (χ4v) is 5.03. The largest absolute Gasteiger partial charge is 0.367 e. The number of hydrogen-bond acceptors (Lipinski definition) is 5. The number of nitrogens with zero attached hydrogens (tertiary/aromatic N) is 4. The van der Waals surface area contributed by atoms with E-state index >= 15 is 0 Å². The first-order valence-corrected chi connectivity index (χ1v) is 11.1. The summed E-state index contributed by atoms with van der Waals surface area (Å²) in [6.07, 6.45) is 8.31. The molecule has 1 aromatic carbocycles. The monoisotopic (exact) mass is 439 g/mol. The van der Waals surface area contributed by atoms with Crippen molar-refractivity contribution in [1.82, 2.24) is 19.6 Å². The van der Waals surface area contributed by atoms with Crippen molar-refractivity contribution in [2.75, 3.05) is 5.32 Å². The van der Waals surface area contributed by atoms with E-state index in [-0.39, 0.29) is 11.8 Å². The van der Waals surface area contributed by atoms with E-state index in [9.17, 15) is 9.18 Å². The maximum atomic E-state index is 13.9. The van der Waals surface area contributed by atoms with Gasteiger partial charge in [-0.15, -0.1) is 0 Å². The summed E-state index contributed by atoms with van der Waals surface area (Å²) in [5.74, 6) is 0.177. The van der Waals surface area contributed by atoms with Gasteiger partial charge in [-0.3, -0.25) is 9.78 Å². The van der Waals surface area contributed by atoms with E-state index in [1.54, 1.807) is 16.3 Å². The third-order valence-electron chi connectivity index (χ3n) is 6.62. The summed E-state index contributed by atoms with van der Waals surface area (Å²) < 4.78 is 15.5. The van der Waals surface area contributed by atoms with Gasteiger partial charge in [-0.25, -0.2) is 9.37 Å². The van der Waals surface area contributed by atoms with Gasteiger partial charge in [0, 0.05) is 23.9 Å². The van der Waals surface area contributed by atoms with Gasteiger partial charge in [0.15, 0.2) is 11.4 Å². The Hall–Kier alpha value is -3.87. The molecule has 0 unspecified atom stereocenters. The number of fused-ring (bicyclic) bond motifs is 3. The Morgan fingerprint density at radius 1 is 1.18 bits per heavy atom. The summed E-state index contributed by atoms with van der Waals surface area (Å²) in [5, 5.41) is 8.07. The van der Waals surface area contributed by atoms with Crippen LogP contribution in [-0.4, -0.2) is 31.4 Å². The quantitative estimate of drug-likeness (QED) is 0.448. The first-order valence-electron chi connectivity index (χ1n) is 11.1.